The Balaban J connectivity index is 0.000000424. The van der Waals surface area contributed by atoms with Crippen molar-refractivity contribution in [1.82, 2.24) is 9.97 Å². The summed E-state index contributed by atoms with van der Waals surface area (Å²) in [5, 5.41) is 7.59. The lowest BCUT2D eigenvalue weighted by Crippen LogP contribution is -1.97. The van der Waals surface area contributed by atoms with Gasteiger partial charge in [0.2, 0.25) is 0 Å². The number of nitrogens with zero attached hydrogens (tertiary/aromatic N) is 2. The number of aryl methyl sites for hydroxylation is 1. The Bertz CT molecular complexity index is 280. The van der Waals surface area contributed by atoms with Crippen LogP contribution in [0.3, 0.4) is 0 Å². The number of aliphatic hydroxyl groups is 1. The zero-order valence-electron chi connectivity index (χ0n) is 7.43. The Morgan fingerprint density at radius 3 is 2.31 bits per heavy atom. The van der Waals surface area contributed by atoms with Crippen molar-refractivity contribution in [1.29, 1.82) is 0 Å². The molecule has 0 aliphatic rings. The zero-order chi connectivity index (χ0) is 10.3. The number of aliphatic hydroxyl groups excluding tert-OH is 1. The monoisotopic (exact) mass is 203 g/mol. The van der Waals surface area contributed by atoms with E-state index in [4.69, 9.17) is 5.11 Å². The van der Waals surface area contributed by atoms with E-state index in [1.165, 1.54) is 12.4 Å². The summed E-state index contributed by atoms with van der Waals surface area (Å²) in [6.07, 6.45) is 2.80. The van der Waals surface area contributed by atoms with Crippen LogP contribution in [0.1, 0.15) is 12.6 Å². The highest BCUT2D eigenvalue weighted by Gasteiger charge is 1.97. The number of rotatable bonds is 1. The standard InChI is InChI=1S/C5H6N2O2S.C2H6O/c1-4-5(10(8)9)7-3-2-6-4;1-2-3/h2-3H,1H3,(H,8,9);3H,2H2,1H3/p-1. The van der Waals surface area contributed by atoms with Crippen molar-refractivity contribution in [3.63, 3.8) is 0 Å². The quantitative estimate of drug-likeness (QED) is 0.650. The molecule has 1 rings (SSSR count). The molecule has 1 heterocycles. The lowest BCUT2D eigenvalue weighted by Gasteiger charge is -2.04. The van der Waals surface area contributed by atoms with Crippen LogP contribution in [0.25, 0.3) is 0 Å². The van der Waals surface area contributed by atoms with Gasteiger partial charge in [-0.2, -0.15) is 0 Å². The molecule has 5 nitrogen and oxygen atoms in total. The van der Waals surface area contributed by atoms with E-state index in [1.807, 2.05) is 0 Å². The van der Waals surface area contributed by atoms with Gasteiger partial charge < -0.3 is 9.66 Å². The predicted molar refractivity (Wildman–Crippen MR) is 46.7 cm³/mol. The maximum absolute atomic E-state index is 10.3. The summed E-state index contributed by atoms with van der Waals surface area (Å²) in [4.78, 5) is 7.35. The highest BCUT2D eigenvalue weighted by Crippen LogP contribution is 2.01. The molecule has 0 saturated carbocycles. The molecule has 6 heteroatoms. The minimum atomic E-state index is -2.26. The molecule has 0 spiro atoms. The second kappa shape index (κ2) is 6.64. The van der Waals surface area contributed by atoms with Gasteiger partial charge in [0.1, 0.15) is 5.03 Å². The average Bonchev–Trinajstić information content (AvgIpc) is 2.06. The van der Waals surface area contributed by atoms with Crippen LogP contribution < -0.4 is 0 Å². The van der Waals surface area contributed by atoms with Gasteiger partial charge >= 0.3 is 0 Å². The van der Waals surface area contributed by atoms with Crippen LogP contribution in [-0.2, 0) is 11.1 Å². The lowest BCUT2D eigenvalue weighted by molar-refractivity contribution is 0.318. The largest absolute Gasteiger partial charge is 0.767 e. The van der Waals surface area contributed by atoms with Crippen molar-refractivity contribution < 1.29 is 13.9 Å². The van der Waals surface area contributed by atoms with Gasteiger partial charge in [-0.15, -0.1) is 0 Å². The molecule has 1 aromatic heterocycles. The third-order valence-corrected chi connectivity index (χ3v) is 1.71. The molecular weight excluding hydrogens is 192 g/mol. The smallest absolute Gasteiger partial charge is 0.134 e. The van der Waals surface area contributed by atoms with Crippen molar-refractivity contribution in [3.05, 3.63) is 18.1 Å². The first-order valence-electron chi connectivity index (χ1n) is 3.61. The molecule has 0 aromatic carbocycles. The van der Waals surface area contributed by atoms with E-state index in [0.29, 0.717) is 5.69 Å². The average molecular weight is 203 g/mol. The molecule has 1 atom stereocenters. The zero-order valence-corrected chi connectivity index (χ0v) is 8.24. The van der Waals surface area contributed by atoms with Crippen molar-refractivity contribution in [2.24, 2.45) is 0 Å². The minimum absolute atomic E-state index is 0.0162. The normalized spacial score (nSPS) is 11.4. The Morgan fingerprint density at radius 1 is 1.54 bits per heavy atom. The summed E-state index contributed by atoms with van der Waals surface area (Å²) < 4.78 is 20.6. The van der Waals surface area contributed by atoms with E-state index in [-0.39, 0.29) is 11.6 Å². The topological polar surface area (TPSA) is 86.1 Å². The molecule has 0 bridgehead atoms. The molecular formula is C7H11N2O3S-. The maximum atomic E-state index is 10.3. The molecule has 74 valence electrons. The number of hydrogen-bond donors (Lipinski definition) is 1. The molecule has 1 N–H and O–H groups in total. The first-order valence-corrected chi connectivity index (χ1v) is 4.68. The van der Waals surface area contributed by atoms with Gasteiger partial charge in [-0.1, -0.05) is 0 Å². The van der Waals surface area contributed by atoms with Crippen molar-refractivity contribution in [2.75, 3.05) is 6.61 Å². The summed E-state index contributed by atoms with van der Waals surface area (Å²) >= 11 is -2.26. The van der Waals surface area contributed by atoms with Gasteiger partial charge in [-0.05, 0) is 24.9 Å². The van der Waals surface area contributed by atoms with Crippen LogP contribution in [-0.4, -0.2) is 30.4 Å². The van der Waals surface area contributed by atoms with Gasteiger partial charge in [0.25, 0.3) is 0 Å². The molecule has 0 aliphatic carbocycles. The van der Waals surface area contributed by atoms with Gasteiger partial charge in [-0.25, -0.2) is 4.98 Å². The van der Waals surface area contributed by atoms with E-state index < -0.39 is 11.1 Å². The Morgan fingerprint density at radius 2 is 2.00 bits per heavy atom. The maximum Gasteiger partial charge on any atom is 0.134 e. The lowest BCUT2D eigenvalue weighted by atomic mass is 10.5. The molecule has 1 unspecified atom stereocenters. The van der Waals surface area contributed by atoms with Gasteiger partial charge in [0.15, 0.2) is 0 Å². The molecule has 0 radical (unpaired) electrons. The van der Waals surface area contributed by atoms with E-state index in [0.717, 1.165) is 0 Å². The van der Waals surface area contributed by atoms with Crippen LogP contribution in [0, 0.1) is 6.92 Å². The number of aromatic nitrogens is 2. The third-order valence-electron chi connectivity index (χ3n) is 0.994. The first-order chi connectivity index (χ1) is 6.13. The fourth-order valence-electron chi connectivity index (χ4n) is 0.558. The summed E-state index contributed by atoms with van der Waals surface area (Å²) in [6.45, 7) is 3.53. The molecule has 13 heavy (non-hydrogen) atoms. The second-order valence-corrected chi connectivity index (χ2v) is 2.85. The summed E-state index contributed by atoms with van der Waals surface area (Å²) in [7, 11) is 0. The SMILES string of the molecule is CCO.Cc1nccnc1S(=O)[O-]. The van der Waals surface area contributed by atoms with Crippen LogP contribution >= 0.6 is 0 Å². The molecule has 0 fully saturated rings. The minimum Gasteiger partial charge on any atom is -0.767 e. The second-order valence-electron chi connectivity index (χ2n) is 2.00. The predicted octanol–water partition coefficient (Wildman–Crippen LogP) is 0.0216. The molecule has 0 amide bonds. The van der Waals surface area contributed by atoms with Gasteiger partial charge in [0, 0.05) is 19.0 Å². The van der Waals surface area contributed by atoms with E-state index >= 15 is 0 Å². The van der Waals surface area contributed by atoms with E-state index in [2.05, 4.69) is 9.97 Å². The van der Waals surface area contributed by atoms with Gasteiger partial charge in [0.05, 0.1) is 5.69 Å². The summed E-state index contributed by atoms with van der Waals surface area (Å²) in [5.41, 5.74) is 0.427. The van der Waals surface area contributed by atoms with E-state index in [9.17, 15) is 8.76 Å². The number of hydrogen-bond acceptors (Lipinski definition) is 5. The fraction of sp³-hybridized carbons (Fsp3) is 0.429. The highest BCUT2D eigenvalue weighted by atomic mass is 32.2. The Labute approximate surface area is 79.1 Å². The van der Waals surface area contributed by atoms with Crippen LogP contribution in [0.15, 0.2) is 17.4 Å². The van der Waals surface area contributed by atoms with Gasteiger partial charge in [-0.3, -0.25) is 9.19 Å². The van der Waals surface area contributed by atoms with Crippen LogP contribution in [0.4, 0.5) is 0 Å². The summed E-state index contributed by atoms with van der Waals surface area (Å²) in [6, 6.07) is 0. The molecule has 0 saturated heterocycles. The van der Waals surface area contributed by atoms with Crippen LogP contribution in [0.5, 0.6) is 0 Å². The first kappa shape index (κ1) is 12.2. The van der Waals surface area contributed by atoms with Crippen LogP contribution in [0.2, 0.25) is 0 Å². The van der Waals surface area contributed by atoms with E-state index in [1.54, 1.807) is 13.8 Å². The van der Waals surface area contributed by atoms with Crippen molar-refractivity contribution >= 4 is 11.1 Å². The molecule has 0 aliphatic heterocycles. The van der Waals surface area contributed by atoms with Crippen molar-refractivity contribution in [2.45, 2.75) is 18.9 Å². The Kier molecular flexibility index (Phi) is 6.21. The third kappa shape index (κ3) is 4.66. The highest BCUT2D eigenvalue weighted by molar-refractivity contribution is 7.79. The summed E-state index contributed by atoms with van der Waals surface area (Å²) in [5.74, 6) is 0. The molecule has 1 aromatic rings. The van der Waals surface area contributed by atoms with Crippen molar-refractivity contribution in [3.8, 4) is 0 Å². The fourth-order valence-corrected chi connectivity index (χ4v) is 0.999. The Hall–Kier alpha value is -0.850.